The number of hydrogen-bond acceptors (Lipinski definition) is 4. The monoisotopic (exact) mass is 259 g/mol. The number of benzene rings is 1. The van der Waals surface area contributed by atoms with Crippen LogP contribution in [0.25, 0.3) is 6.08 Å². The minimum absolute atomic E-state index is 0. The van der Waals surface area contributed by atoms with Gasteiger partial charge in [0.05, 0.1) is 12.0 Å². The predicted octanol–water partition coefficient (Wildman–Crippen LogP) is 2.12. The van der Waals surface area contributed by atoms with Gasteiger partial charge in [0.25, 0.3) is 0 Å². The van der Waals surface area contributed by atoms with Gasteiger partial charge in [-0.15, -0.1) is 12.4 Å². The highest BCUT2D eigenvalue weighted by Gasteiger charge is 2.14. The SMILES string of the molecule is COc1ccc(C=CC(=O)O)cc1[N+](=O)[O-].Cl. The maximum absolute atomic E-state index is 10.7. The van der Waals surface area contributed by atoms with E-state index in [2.05, 4.69) is 0 Å². The third kappa shape index (κ3) is 4.12. The Morgan fingerprint density at radius 1 is 1.53 bits per heavy atom. The zero-order chi connectivity index (χ0) is 12.1. The molecular formula is C10H10ClNO5. The zero-order valence-electron chi connectivity index (χ0n) is 8.82. The summed E-state index contributed by atoms with van der Waals surface area (Å²) < 4.78 is 4.81. The molecule has 0 heterocycles. The lowest BCUT2D eigenvalue weighted by atomic mass is 10.1. The Hall–Kier alpha value is -2.08. The largest absolute Gasteiger partial charge is 0.490 e. The van der Waals surface area contributed by atoms with Crippen molar-refractivity contribution >= 4 is 30.1 Å². The van der Waals surface area contributed by atoms with E-state index in [1.54, 1.807) is 0 Å². The second-order valence-corrected chi connectivity index (χ2v) is 2.86. The fourth-order valence-electron chi connectivity index (χ4n) is 1.12. The molecule has 17 heavy (non-hydrogen) atoms. The van der Waals surface area contributed by atoms with E-state index < -0.39 is 10.9 Å². The van der Waals surface area contributed by atoms with Crippen LogP contribution in [0.15, 0.2) is 24.3 Å². The molecular weight excluding hydrogens is 250 g/mol. The number of nitro benzene ring substituents is 1. The van der Waals surface area contributed by atoms with E-state index in [0.29, 0.717) is 5.56 Å². The van der Waals surface area contributed by atoms with Gasteiger partial charge in [0.2, 0.25) is 0 Å². The van der Waals surface area contributed by atoms with E-state index in [0.717, 1.165) is 6.08 Å². The van der Waals surface area contributed by atoms with Crippen LogP contribution < -0.4 is 4.74 Å². The zero-order valence-corrected chi connectivity index (χ0v) is 9.64. The number of rotatable bonds is 4. The van der Waals surface area contributed by atoms with E-state index >= 15 is 0 Å². The second-order valence-electron chi connectivity index (χ2n) is 2.86. The summed E-state index contributed by atoms with van der Waals surface area (Å²) >= 11 is 0. The quantitative estimate of drug-likeness (QED) is 0.508. The van der Waals surface area contributed by atoms with Gasteiger partial charge in [-0.25, -0.2) is 4.79 Å². The van der Waals surface area contributed by atoms with Gasteiger partial charge in [-0.05, 0) is 17.7 Å². The Balaban J connectivity index is 0.00000256. The highest BCUT2D eigenvalue weighted by molar-refractivity contribution is 5.85. The van der Waals surface area contributed by atoms with Crippen molar-refractivity contribution in [2.75, 3.05) is 7.11 Å². The average molecular weight is 260 g/mol. The third-order valence-electron chi connectivity index (χ3n) is 1.82. The molecule has 1 aromatic rings. The number of ether oxygens (including phenoxy) is 1. The van der Waals surface area contributed by atoms with Crippen molar-refractivity contribution in [2.45, 2.75) is 0 Å². The van der Waals surface area contributed by atoms with E-state index in [1.807, 2.05) is 0 Å². The molecule has 0 radical (unpaired) electrons. The van der Waals surface area contributed by atoms with Crippen LogP contribution in [0.2, 0.25) is 0 Å². The van der Waals surface area contributed by atoms with Crippen molar-refractivity contribution < 1.29 is 19.6 Å². The molecule has 7 heteroatoms. The minimum Gasteiger partial charge on any atom is -0.490 e. The maximum atomic E-state index is 10.7. The van der Waals surface area contributed by atoms with Crippen molar-refractivity contribution in [2.24, 2.45) is 0 Å². The number of nitro groups is 1. The number of carboxylic acid groups (broad SMARTS) is 1. The summed E-state index contributed by atoms with van der Waals surface area (Å²) in [6.07, 6.45) is 2.18. The number of carbonyl (C=O) groups is 1. The molecule has 0 aliphatic rings. The molecule has 0 spiro atoms. The van der Waals surface area contributed by atoms with E-state index in [1.165, 1.54) is 31.4 Å². The van der Waals surface area contributed by atoms with Crippen molar-refractivity contribution in [3.63, 3.8) is 0 Å². The first-order valence-electron chi connectivity index (χ1n) is 4.28. The molecule has 1 N–H and O–H groups in total. The van der Waals surface area contributed by atoms with Gasteiger partial charge in [0.15, 0.2) is 5.75 Å². The van der Waals surface area contributed by atoms with E-state index in [4.69, 9.17) is 9.84 Å². The highest BCUT2D eigenvalue weighted by atomic mass is 35.5. The molecule has 6 nitrogen and oxygen atoms in total. The maximum Gasteiger partial charge on any atom is 0.328 e. The summed E-state index contributed by atoms with van der Waals surface area (Å²) in [5.74, 6) is -0.976. The topological polar surface area (TPSA) is 89.7 Å². The Kier molecular flexibility index (Phi) is 5.70. The molecule has 0 saturated carbocycles. The van der Waals surface area contributed by atoms with Crippen molar-refractivity contribution in [3.8, 4) is 5.75 Å². The van der Waals surface area contributed by atoms with Crippen LogP contribution in [0, 0.1) is 10.1 Å². The Morgan fingerprint density at radius 2 is 2.18 bits per heavy atom. The fraction of sp³-hybridized carbons (Fsp3) is 0.100. The van der Waals surface area contributed by atoms with Gasteiger partial charge >= 0.3 is 11.7 Å². The summed E-state index contributed by atoms with van der Waals surface area (Å²) in [6.45, 7) is 0. The molecule has 0 unspecified atom stereocenters. The number of hydrogen-bond donors (Lipinski definition) is 1. The highest BCUT2D eigenvalue weighted by Crippen LogP contribution is 2.27. The molecule has 0 fully saturated rings. The smallest absolute Gasteiger partial charge is 0.328 e. The molecule has 0 bridgehead atoms. The van der Waals surface area contributed by atoms with E-state index in [9.17, 15) is 14.9 Å². The van der Waals surface area contributed by atoms with Gasteiger partial charge in [-0.1, -0.05) is 6.07 Å². The molecule has 0 aliphatic heterocycles. The summed E-state index contributed by atoms with van der Waals surface area (Å²) in [6, 6.07) is 4.20. The van der Waals surface area contributed by atoms with Crippen molar-refractivity contribution in [3.05, 3.63) is 40.0 Å². The molecule has 0 aromatic heterocycles. The summed E-state index contributed by atoms with van der Waals surface area (Å²) in [5, 5.41) is 19.1. The standard InChI is InChI=1S/C10H9NO5.ClH/c1-16-9-4-2-7(3-5-10(12)13)6-8(9)11(14)15;/h2-6H,1H3,(H,12,13);1H. The van der Waals surface area contributed by atoms with Gasteiger partial charge in [-0.2, -0.15) is 0 Å². The molecule has 0 saturated heterocycles. The Labute approximate surface area is 103 Å². The predicted molar refractivity (Wildman–Crippen MR) is 63.6 cm³/mol. The molecule has 0 atom stereocenters. The lowest BCUT2D eigenvalue weighted by Crippen LogP contribution is -1.94. The first-order chi connectivity index (χ1) is 7.54. The van der Waals surface area contributed by atoms with Gasteiger partial charge in [0, 0.05) is 12.1 Å². The van der Waals surface area contributed by atoms with E-state index in [-0.39, 0.29) is 23.8 Å². The number of aliphatic carboxylic acids is 1. The summed E-state index contributed by atoms with van der Waals surface area (Å²) in [4.78, 5) is 20.3. The number of nitrogens with zero attached hydrogens (tertiary/aromatic N) is 1. The van der Waals surface area contributed by atoms with Crippen LogP contribution >= 0.6 is 12.4 Å². The number of carboxylic acids is 1. The lowest BCUT2D eigenvalue weighted by Gasteiger charge is -2.01. The first-order valence-corrected chi connectivity index (χ1v) is 4.28. The fourth-order valence-corrected chi connectivity index (χ4v) is 1.12. The Bertz CT molecular complexity index is 458. The molecule has 0 aliphatic carbocycles. The number of methoxy groups -OCH3 is 1. The first kappa shape index (κ1) is 14.9. The molecule has 1 aromatic carbocycles. The average Bonchev–Trinajstić information content (AvgIpc) is 2.25. The third-order valence-corrected chi connectivity index (χ3v) is 1.82. The van der Waals surface area contributed by atoms with Gasteiger partial charge in [0.1, 0.15) is 0 Å². The van der Waals surface area contributed by atoms with Crippen LogP contribution in [0.5, 0.6) is 5.75 Å². The number of halogens is 1. The lowest BCUT2D eigenvalue weighted by molar-refractivity contribution is -0.385. The molecule has 0 amide bonds. The molecule has 1 rings (SSSR count). The van der Waals surface area contributed by atoms with Crippen LogP contribution in [0.4, 0.5) is 5.69 Å². The normalized spacial score (nSPS) is 9.71. The van der Waals surface area contributed by atoms with Crippen LogP contribution in [-0.4, -0.2) is 23.1 Å². The van der Waals surface area contributed by atoms with Crippen LogP contribution in [-0.2, 0) is 4.79 Å². The minimum atomic E-state index is -1.11. The van der Waals surface area contributed by atoms with Gasteiger partial charge < -0.3 is 9.84 Å². The van der Waals surface area contributed by atoms with Crippen molar-refractivity contribution in [1.29, 1.82) is 0 Å². The summed E-state index contributed by atoms with van der Waals surface area (Å²) in [7, 11) is 1.33. The van der Waals surface area contributed by atoms with Crippen molar-refractivity contribution in [1.82, 2.24) is 0 Å². The summed E-state index contributed by atoms with van der Waals surface area (Å²) in [5.41, 5.74) is 0.227. The van der Waals surface area contributed by atoms with Crippen LogP contribution in [0.3, 0.4) is 0 Å². The van der Waals surface area contributed by atoms with Gasteiger partial charge in [-0.3, -0.25) is 10.1 Å². The Morgan fingerprint density at radius 3 is 2.65 bits per heavy atom. The van der Waals surface area contributed by atoms with Crippen LogP contribution in [0.1, 0.15) is 5.56 Å². The second kappa shape index (κ2) is 6.49. The molecule has 92 valence electrons.